The van der Waals surface area contributed by atoms with Crippen LogP contribution in [0.5, 0.6) is 5.75 Å². The van der Waals surface area contributed by atoms with E-state index in [1.54, 1.807) is 12.3 Å². The molecule has 0 aliphatic carbocycles. The molecule has 6 rings (SSSR count). The summed E-state index contributed by atoms with van der Waals surface area (Å²) in [6.45, 7) is 2.99. The summed E-state index contributed by atoms with van der Waals surface area (Å²) in [6, 6.07) is 12.7. The summed E-state index contributed by atoms with van der Waals surface area (Å²) in [5.41, 5.74) is 10.9. The predicted molar refractivity (Wildman–Crippen MR) is 137 cm³/mol. The van der Waals surface area contributed by atoms with Crippen LogP contribution in [0.15, 0.2) is 48.8 Å². The molecule has 1 fully saturated rings. The van der Waals surface area contributed by atoms with Crippen LogP contribution >= 0.6 is 0 Å². The number of anilines is 2. The Morgan fingerprint density at radius 2 is 2.03 bits per heavy atom. The number of hydrogen-bond acceptors (Lipinski definition) is 7. The van der Waals surface area contributed by atoms with Gasteiger partial charge in [-0.1, -0.05) is 12.1 Å². The Morgan fingerprint density at radius 1 is 1.17 bits per heavy atom. The standard InChI is InChI=1S/C27H26FN7O/c1-33-11-12-36-23-14-18(6-7-22(23)33)25-24(17-4-5-19(15-29)21(28)13-17)32-27-26(31-8-10-35(25)27)34-9-2-3-20(30)16-34/h4-8,10,13-14,20H,2-3,9,11-12,16,30H2,1H3/t20-/m1/s1. The van der Waals surface area contributed by atoms with E-state index in [0.29, 0.717) is 30.1 Å². The summed E-state index contributed by atoms with van der Waals surface area (Å²) in [7, 11) is 2.04. The Morgan fingerprint density at radius 3 is 2.83 bits per heavy atom. The van der Waals surface area contributed by atoms with Crippen molar-refractivity contribution in [1.82, 2.24) is 14.4 Å². The van der Waals surface area contributed by atoms with Gasteiger partial charge in [0.15, 0.2) is 11.5 Å². The molecule has 4 aromatic rings. The van der Waals surface area contributed by atoms with Crippen LogP contribution in [0.2, 0.25) is 0 Å². The third kappa shape index (κ3) is 3.71. The largest absolute Gasteiger partial charge is 0.490 e. The van der Waals surface area contributed by atoms with Gasteiger partial charge >= 0.3 is 0 Å². The Hall–Kier alpha value is -4.16. The van der Waals surface area contributed by atoms with Crippen LogP contribution in [0.1, 0.15) is 18.4 Å². The van der Waals surface area contributed by atoms with E-state index in [9.17, 15) is 9.65 Å². The van der Waals surface area contributed by atoms with Crippen molar-refractivity contribution in [1.29, 1.82) is 5.26 Å². The normalized spacial score (nSPS) is 17.6. The number of hydrogen-bond donors (Lipinski definition) is 1. The molecule has 0 amide bonds. The number of piperidine rings is 1. The number of nitrogens with zero attached hydrogens (tertiary/aromatic N) is 6. The van der Waals surface area contributed by atoms with Crippen molar-refractivity contribution in [3.63, 3.8) is 0 Å². The molecule has 8 nitrogen and oxygen atoms in total. The first-order chi connectivity index (χ1) is 17.5. The molecule has 0 unspecified atom stereocenters. The first-order valence-electron chi connectivity index (χ1n) is 12.1. The quantitative estimate of drug-likeness (QED) is 0.473. The first-order valence-corrected chi connectivity index (χ1v) is 12.1. The van der Waals surface area contributed by atoms with E-state index in [0.717, 1.165) is 54.4 Å². The van der Waals surface area contributed by atoms with Gasteiger partial charge in [0.05, 0.1) is 29.2 Å². The SMILES string of the molecule is CN1CCOc2cc(-c3c(-c4ccc(C#N)c(F)c4)nc4c(N5CCC[C@@H](N)C5)nccn34)ccc21. The third-order valence-electron chi connectivity index (χ3n) is 6.97. The van der Waals surface area contributed by atoms with Gasteiger partial charge in [-0.05, 0) is 37.1 Å². The second-order valence-electron chi connectivity index (χ2n) is 9.36. The minimum absolute atomic E-state index is 0.000979. The Kier molecular flexibility index (Phi) is 5.46. The van der Waals surface area contributed by atoms with Gasteiger partial charge < -0.3 is 20.3 Å². The van der Waals surface area contributed by atoms with Crippen LogP contribution in [0.25, 0.3) is 28.2 Å². The molecular formula is C27H26FN7O. The number of nitrogens with two attached hydrogens (primary N) is 1. The molecular weight excluding hydrogens is 457 g/mol. The second kappa shape index (κ2) is 8.81. The van der Waals surface area contributed by atoms with Gasteiger partial charge in [0.25, 0.3) is 0 Å². The zero-order chi connectivity index (χ0) is 24.8. The van der Waals surface area contributed by atoms with Crippen LogP contribution < -0.4 is 20.3 Å². The number of rotatable bonds is 3. The van der Waals surface area contributed by atoms with Crippen molar-refractivity contribution in [2.24, 2.45) is 5.73 Å². The zero-order valence-electron chi connectivity index (χ0n) is 20.0. The fraction of sp³-hybridized carbons (Fsp3) is 0.296. The molecule has 2 aliphatic heterocycles. The molecule has 4 heterocycles. The number of nitriles is 1. The molecule has 182 valence electrons. The minimum atomic E-state index is -0.575. The minimum Gasteiger partial charge on any atom is -0.490 e. The summed E-state index contributed by atoms with van der Waals surface area (Å²) in [5, 5.41) is 9.21. The van der Waals surface area contributed by atoms with Crippen molar-refractivity contribution in [3.05, 3.63) is 60.2 Å². The van der Waals surface area contributed by atoms with E-state index in [1.165, 1.54) is 12.1 Å². The van der Waals surface area contributed by atoms with Crippen molar-refractivity contribution in [2.45, 2.75) is 18.9 Å². The Bertz CT molecular complexity index is 1510. The van der Waals surface area contributed by atoms with E-state index in [2.05, 4.69) is 14.8 Å². The van der Waals surface area contributed by atoms with Gasteiger partial charge in [-0.2, -0.15) is 5.26 Å². The number of ether oxygens (including phenoxy) is 1. The molecule has 0 radical (unpaired) electrons. The molecule has 2 aliphatic rings. The Balaban J connectivity index is 1.58. The second-order valence-corrected chi connectivity index (χ2v) is 9.36. The molecule has 0 spiro atoms. The number of fused-ring (bicyclic) bond motifs is 2. The van der Waals surface area contributed by atoms with Crippen LogP contribution in [0.4, 0.5) is 15.9 Å². The van der Waals surface area contributed by atoms with Gasteiger partial charge in [0.1, 0.15) is 24.2 Å². The number of likely N-dealkylation sites (N-methyl/N-ethyl adjacent to an activating group) is 1. The lowest BCUT2D eigenvalue weighted by Crippen LogP contribution is -2.43. The van der Waals surface area contributed by atoms with Crippen LogP contribution in [0, 0.1) is 17.1 Å². The van der Waals surface area contributed by atoms with Crippen molar-refractivity contribution in [3.8, 4) is 34.3 Å². The van der Waals surface area contributed by atoms with Gasteiger partial charge in [0, 0.05) is 49.7 Å². The third-order valence-corrected chi connectivity index (χ3v) is 6.97. The summed E-state index contributed by atoms with van der Waals surface area (Å²) in [4.78, 5) is 14.0. The van der Waals surface area contributed by atoms with E-state index in [1.807, 2.05) is 41.9 Å². The zero-order valence-corrected chi connectivity index (χ0v) is 20.0. The van der Waals surface area contributed by atoms with Gasteiger partial charge in [-0.15, -0.1) is 0 Å². The molecule has 2 aromatic carbocycles. The number of aromatic nitrogens is 3. The lowest BCUT2D eigenvalue weighted by atomic mass is 10.0. The van der Waals surface area contributed by atoms with E-state index >= 15 is 0 Å². The average molecular weight is 484 g/mol. The van der Waals surface area contributed by atoms with Crippen molar-refractivity contribution in [2.75, 3.05) is 43.1 Å². The average Bonchev–Trinajstić information content (AvgIpc) is 3.28. The number of imidazole rings is 1. The molecule has 36 heavy (non-hydrogen) atoms. The van der Waals surface area contributed by atoms with E-state index < -0.39 is 5.82 Å². The highest BCUT2D eigenvalue weighted by Crippen LogP contribution is 2.40. The molecule has 1 saturated heterocycles. The highest BCUT2D eigenvalue weighted by molar-refractivity contribution is 5.86. The van der Waals surface area contributed by atoms with Crippen LogP contribution in [0.3, 0.4) is 0 Å². The van der Waals surface area contributed by atoms with Crippen molar-refractivity contribution < 1.29 is 9.13 Å². The molecule has 9 heteroatoms. The highest BCUT2D eigenvalue weighted by Gasteiger charge is 2.25. The summed E-state index contributed by atoms with van der Waals surface area (Å²) in [5.74, 6) is 0.974. The van der Waals surface area contributed by atoms with Gasteiger partial charge in [-0.3, -0.25) is 4.40 Å². The molecule has 0 bridgehead atoms. The molecule has 1 atom stereocenters. The monoisotopic (exact) mass is 483 g/mol. The molecule has 0 saturated carbocycles. The van der Waals surface area contributed by atoms with E-state index in [4.69, 9.17) is 15.5 Å². The van der Waals surface area contributed by atoms with E-state index in [-0.39, 0.29) is 11.6 Å². The van der Waals surface area contributed by atoms with Crippen molar-refractivity contribution >= 4 is 17.2 Å². The Labute approximate surface area is 208 Å². The smallest absolute Gasteiger partial charge is 0.181 e. The lowest BCUT2D eigenvalue weighted by molar-refractivity contribution is 0.311. The predicted octanol–water partition coefficient (Wildman–Crippen LogP) is 3.83. The summed E-state index contributed by atoms with van der Waals surface area (Å²) in [6.07, 6.45) is 5.61. The summed E-state index contributed by atoms with van der Waals surface area (Å²) < 4.78 is 22.7. The first kappa shape index (κ1) is 22.3. The van der Waals surface area contributed by atoms with Crippen LogP contribution in [-0.2, 0) is 0 Å². The number of benzene rings is 2. The topological polar surface area (TPSA) is 95.7 Å². The fourth-order valence-corrected chi connectivity index (χ4v) is 5.12. The van der Waals surface area contributed by atoms with Crippen LogP contribution in [-0.4, -0.2) is 53.7 Å². The fourth-order valence-electron chi connectivity index (χ4n) is 5.12. The maximum atomic E-state index is 14.7. The highest BCUT2D eigenvalue weighted by atomic mass is 19.1. The maximum absolute atomic E-state index is 14.7. The maximum Gasteiger partial charge on any atom is 0.181 e. The lowest BCUT2D eigenvalue weighted by Gasteiger charge is -2.31. The molecule has 2 N–H and O–H groups in total. The van der Waals surface area contributed by atoms with Gasteiger partial charge in [-0.25, -0.2) is 14.4 Å². The molecule has 2 aromatic heterocycles. The van der Waals surface area contributed by atoms with Gasteiger partial charge in [0.2, 0.25) is 0 Å². The summed E-state index contributed by atoms with van der Waals surface area (Å²) >= 11 is 0. The number of halogens is 1.